The molecule has 0 aromatic heterocycles. The highest BCUT2D eigenvalue weighted by atomic mass is 33.1. The van der Waals surface area contributed by atoms with E-state index in [1.54, 1.807) is 6.92 Å². The van der Waals surface area contributed by atoms with Crippen molar-refractivity contribution in [3.63, 3.8) is 0 Å². The SMILES string of the molecule is C[C@@H]1O[C@H](OCCCNC(=O)CCC(=O)NCCOCCOCCNC(=O)CCCCC2CCSS2)[C@@H](O)[C@H](O)[C@@H]1O. The number of hydrogen-bond acceptors (Lipinski definition) is 12. The third-order valence-electron chi connectivity index (χ3n) is 6.73. The first-order valence-electron chi connectivity index (χ1n) is 14.8. The Balaban J connectivity index is 1.31. The highest BCUT2D eigenvalue weighted by Gasteiger charge is 2.42. The van der Waals surface area contributed by atoms with E-state index in [1.807, 2.05) is 21.6 Å². The van der Waals surface area contributed by atoms with Crippen LogP contribution in [0.15, 0.2) is 0 Å². The maximum Gasteiger partial charge on any atom is 0.220 e. The highest BCUT2D eigenvalue weighted by Crippen LogP contribution is 2.39. The molecule has 0 bridgehead atoms. The standard InChI is InChI=1S/C27H49N3O10S2/c1-19-24(34)25(35)26(36)27(40-19)39-13-4-10-28-22(32)7-8-23(33)30-12-15-38-17-16-37-14-11-29-21(31)6-3-2-5-20-9-18-41-42-20/h19-20,24-27,34-36H,2-18H2,1H3,(H,28,32)(H,29,31)(H,30,33)/t19-,20?,24+,25+,26-,27-/m0/s1. The summed E-state index contributed by atoms with van der Waals surface area (Å²) >= 11 is 0. The van der Waals surface area contributed by atoms with Gasteiger partial charge in [-0.15, -0.1) is 0 Å². The molecule has 244 valence electrons. The first kappa shape index (κ1) is 37.0. The van der Waals surface area contributed by atoms with Gasteiger partial charge in [0.1, 0.15) is 18.3 Å². The maximum atomic E-state index is 11.9. The van der Waals surface area contributed by atoms with E-state index < -0.39 is 30.7 Å². The molecule has 2 fully saturated rings. The van der Waals surface area contributed by atoms with Crippen LogP contribution in [-0.4, -0.2) is 127 Å². The third kappa shape index (κ3) is 16.1. The van der Waals surface area contributed by atoms with Crippen molar-refractivity contribution in [1.82, 2.24) is 16.0 Å². The lowest BCUT2D eigenvalue weighted by Gasteiger charge is -2.38. The number of aliphatic hydroxyl groups is 3. The number of carbonyl (C=O) groups is 3. The molecule has 0 aromatic carbocycles. The molecule has 2 heterocycles. The van der Waals surface area contributed by atoms with Gasteiger partial charge < -0.3 is 50.2 Å². The number of hydrogen-bond donors (Lipinski definition) is 6. The van der Waals surface area contributed by atoms with Gasteiger partial charge in [-0.05, 0) is 32.6 Å². The van der Waals surface area contributed by atoms with E-state index in [9.17, 15) is 29.7 Å². The lowest BCUT2D eigenvalue weighted by molar-refractivity contribution is -0.293. The van der Waals surface area contributed by atoms with Crippen LogP contribution in [0.1, 0.15) is 58.3 Å². The fourth-order valence-electron chi connectivity index (χ4n) is 4.21. The molecule has 2 saturated heterocycles. The van der Waals surface area contributed by atoms with Crippen LogP contribution in [0.3, 0.4) is 0 Å². The molecular weight excluding hydrogens is 590 g/mol. The van der Waals surface area contributed by atoms with Gasteiger partial charge in [-0.3, -0.25) is 14.4 Å². The molecule has 1 unspecified atom stereocenters. The largest absolute Gasteiger partial charge is 0.388 e. The summed E-state index contributed by atoms with van der Waals surface area (Å²) in [5.41, 5.74) is 0. The number of nitrogens with one attached hydrogen (secondary N) is 3. The van der Waals surface area contributed by atoms with Gasteiger partial charge in [0.05, 0.1) is 39.1 Å². The van der Waals surface area contributed by atoms with Crippen LogP contribution in [0, 0.1) is 0 Å². The molecule has 0 saturated carbocycles. The zero-order chi connectivity index (χ0) is 30.6. The van der Waals surface area contributed by atoms with Gasteiger partial charge >= 0.3 is 0 Å². The molecule has 3 amide bonds. The Labute approximate surface area is 256 Å². The van der Waals surface area contributed by atoms with Crippen molar-refractivity contribution in [3.05, 3.63) is 0 Å². The minimum Gasteiger partial charge on any atom is -0.388 e. The molecule has 0 aliphatic carbocycles. The molecule has 2 aliphatic rings. The van der Waals surface area contributed by atoms with Crippen LogP contribution < -0.4 is 16.0 Å². The second-order valence-electron chi connectivity index (χ2n) is 10.3. The summed E-state index contributed by atoms with van der Waals surface area (Å²) < 4.78 is 21.6. The molecule has 0 radical (unpaired) electrons. The van der Waals surface area contributed by atoms with Gasteiger partial charge in [0, 0.05) is 49.9 Å². The van der Waals surface area contributed by atoms with Crippen molar-refractivity contribution >= 4 is 39.3 Å². The van der Waals surface area contributed by atoms with Crippen molar-refractivity contribution < 1.29 is 48.7 Å². The fraction of sp³-hybridized carbons (Fsp3) is 0.889. The van der Waals surface area contributed by atoms with Gasteiger partial charge in [0.25, 0.3) is 0 Å². The quantitative estimate of drug-likeness (QED) is 0.0695. The smallest absolute Gasteiger partial charge is 0.220 e. The van der Waals surface area contributed by atoms with Crippen molar-refractivity contribution in [3.8, 4) is 0 Å². The first-order chi connectivity index (χ1) is 20.3. The van der Waals surface area contributed by atoms with E-state index in [4.69, 9.17) is 18.9 Å². The summed E-state index contributed by atoms with van der Waals surface area (Å²) in [6, 6.07) is 0. The van der Waals surface area contributed by atoms with Crippen LogP contribution in [0.2, 0.25) is 0 Å². The Morgan fingerprint density at radius 1 is 0.762 bits per heavy atom. The molecule has 6 N–H and O–H groups in total. The van der Waals surface area contributed by atoms with Crippen molar-refractivity contribution in [1.29, 1.82) is 0 Å². The molecule has 13 nitrogen and oxygen atoms in total. The Bertz CT molecular complexity index is 778. The van der Waals surface area contributed by atoms with E-state index in [0.29, 0.717) is 58.9 Å². The lowest BCUT2D eigenvalue weighted by Crippen LogP contribution is -2.57. The Kier molecular flexibility index (Phi) is 19.7. The highest BCUT2D eigenvalue weighted by molar-refractivity contribution is 8.77. The van der Waals surface area contributed by atoms with Gasteiger partial charge in [-0.2, -0.15) is 0 Å². The van der Waals surface area contributed by atoms with E-state index in [2.05, 4.69) is 16.0 Å². The number of rotatable bonds is 22. The molecule has 2 aliphatic heterocycles. The minimum absolute atomic E-state index is 0.0445. The molecular formula is C27H49N3O10S2. The average molecular weight is 640 g/mol. The predicted octanol–water partition coefficient (Wildman–Crippen LogP) is 0.0967. The number of unbranched alkanes of at least 4 members (excludes halogenated alkanes) is 1. The van der Waals surface area contributed by atoms with E-state index >= 15 is 0 Å². The van der Waals surface area contributed by atoms with Crippen LogP contribution >= 0.6 is 21.6 Å². The van der Waals surface area contributed by atoms with Gasteiger partial charge in [-0.25, -0.2) is 0 Å². The second kappa shape index (κ2) is 22.4. The molecule has 2 rings (SSSR count). The zero-order valence-electron chi connectivity index (χ0n) is 24.5. The van der Waals surface area contributed by atoms with Crippen molar-refractivity contribution in [2.75, 3.05) is 58.4 Å². The van der Waals surface area contributed by atoms with Crippen molar-refractivity contribution in [2.24, 2.45) is 0 Å². The Hall–Kier alpha value is -1.17. The van der Waals surface area contributed by atoms with Crippen LogP contribution in [0.5, 0.6) is 0 Å². The summed E-state index contributed by atoms with van der Waals surface area (Å²) in [6.45, 7) is 4.36. The van der Waals surface area contributed by atoms with Gasteiger partial charge in [0.15, 0.2) is 6.29 Å². The van der Waals surface area contributed by atoms with Gasteiger partial charge in [0.2, 0.25) is 17.7 Å². The molecule has 6 atom stereocenters. The van der Waals surface area contributed by atoms with Gasteiger partial charge in [-0.1, -0.05) is 28.0 Å². The third-order valence-corrected chi connectivity index (χ3v) is 9.74. The summed E-state index contributed by atoms with van der Waals surface area (Å²) in [7, 11) is 3.92. The molecule has 42 heavy (non-hydrogen) atoms. The fourth-order valence-corrected chi connectivity index (χ4v) is 7.24. The topological polar surface area (TPSA) is 185 Å². The first-order valence-corrected chi connectivity index (χ1v) is 17.2. The number of ether oxygens (including phenoxy) is 4. The number of carbonyl (C=O) groups excluding carboxylic acids is 3. The molecule has 0 spiro atoms. The minimum atomic E-state index is -1.36. The number of aliphatic hydroxyl groups excluding tert-OH is 3. The van der Waals surface area contributed by atoms with E-state index in [-0.39, 0.29) is 37.2 Å². The van der Waals surface area contributed by atoms with Crippen LogP contribution in [-0.2, 0) is 33.3 Å². The van der Waals surface area contributed by atoms with E-state index in [0.717, 1.165) is 18.1 Å². The summed E-state index contributed by atoms with van der Waals surface area (Å²) in [5.74, 6) is 0.786. The van der Waals surface area contributed by atoms with Crippen molar-refractivity contribution in [2.45, 2.75) is 94.2 Å². The summed E-state index contributed by atoms with van der Waals surface area (Å²) in [5, 5.41) is 38.4. The van der Waals surface area contributed by atoms with E-state index in [1.165, 1.54) is 18.6 Å². The average Bonchev–Trinajstić information content (AvgIpc) is 3.50. The Morgan fingerprint density at radius 3 is 2.00 bits per heavy atom. The normalized spacial score (nSPS) is 25.7. The second-order valence-corrected chi connectivity index (χ2v) is 13.0. The predicted molar refractivity (Wildman–Crippen MR) is 160 cm³/mol. The maximum absolute atomic E-state index is 11.9. The van der Waals surface area contributed by atoms with Crippen LogP contribution in [0.25, 0.3) is 0 Å². The van der Waals surface area contributed by atoms with Crippen LogP contribution in [0.4, 0.5) is 0 Å². The molecule has 0 aromatic rings. The molecule has 15 heteroatoms. The lowest BCUT2D eigenvalue weighted by atomic mass is 10.0. The Morgan fingerprint density at radius 2 is 1.38 bits per heavy atom. The monoisotopic (exact) mass is 639 g/mol. The number of amides is 3. The summed E-state index contributed by atoms with van der Waals surface area (Å²) in [4.78, 5) is 35.7. The summed E-state index contributed by atoms with van der Waals surface area (Å²) in [6.07, 6.45) is -0.0601. The zero-order valence-corrected chi connectivity index (χ0v) is 26.1.